The summed E-state index contributed by atoms with van der Waals surface area (Å²) in [5.41, 5.74) is 2.17. The summed E-state index contributed by atoms with van der Waals surface area (Å²) in [6.45, 7) is 3.64. The Labute approximate surface area is 98.4 Å². The van der Waals surface area contributed by atoms with Crippen molar-refractivity contribution in [3.05, 3.63) is 28.8 Å². The van der Waals surface area contributed by atoms with Crippen molar-refractivity contribution in [3.8, 4) is 5.75 Å². The third kappa shape index (κ3) is 2.08. The lowest BCUT2D eigenvalue weighted by atomic mass is 10.0. The van der Waals surface area contributed by atoms with Gasteiger partial charge in [0.25, 0.3) is 5.91 Å². The number of aliphatic carboxylic acids is 1. The average molecular weight is 235 g/mol. The average Bonchev–Trinajstić information content (AvgIpc) is 2.37. The number of hydrogen-bond acceptors (Lipinski definition) is 3. The summed E-state index contributed by atoms with van der Waals surface area (Å²) in [5.74, 6) is -1.05. The summed E-state index contributed by atoms with van der Waals surface area (Å²) >= 11 is 0. The van der Waals surface area contributed by atoms with Crippen molar-refractivity contribution in [1.82, 2.24) is 5.32 Å². The molecular formula is C12H13NO4. The number of amides is 1. The van der Waals surface area contributed by atoms with Gasteiger partial charge in [-0.25, -0.2) is 4.79 Å². The molecule has 2 rings (SSSR count). The van der Waals surface area contributed by atoms with Crippen molar-refractivity contribution >= 4 is 11.9 Å². The largest absolute Gasteiger partial charge is 0.490 e. The number of fused-ring (bicyclic) bond motifs is 1. The van der Waals surface area contributed by atoms with Gasteiger partial charge in [0.1, 0.15) is 12.4 Å². The SMILES string of the molecule is Cc1cc(C)c2c(c1)OCC(C(=O)O)NC2=O. The zero-order valence-electron chi connectivity index (χ0n) is 9.61. The Morgan fingerprint density at radius 2 is 2.18 bits per heavy atom. The number of ether oxygens (including phenoxy) is 1. The quantitative estimate of drug-likeness (QED) is 0.757. The van der Waals surface area contributed by atoms with Crippen molar-refractivity contribution in [2.45, 2.75) is 19.9 Å². The fraction of sp³-hybridized carbons (Fsp3) is 0.333. The van der Waals surface area contributed by atoms with Gasteiger partial charge in [-0.3, -0.25) is 4.79 Å². The molecule has 1 unspecified atom stereocenters. The smallest absolute Gasteiger partial charge is 0.329 e. The highest BCUT2D eigenvalue weighted by atomic mass is 16.5. The number of carboxylic acid groups (broad SMARTS) is 1. The van der Waals surface area contributed by atoms with Gasteiger partial charge in [-0.1, -0.05) is 6.07 Å². The Kier molecular flexibility index (Phi) is 2.75. The Morgan fingerprint density at radius 3 is 2.82 bits per heavy atom. The normalized spacial score (nSPS) is 18.7. The molecule has 0 radical (unpaired) electrons. The number of benzene rings is 1. The molecule has 0 spiro atoms. The maximum Gasteiger partial charge on any atom is 0.329 e. The maximum absolute atomic E-state index is 11.9. The molecule has 0 aliphatic carbocycles. The molecule has 0 saturated heterocycles. The molecule has 1 aromatic rings. The van der Waals surface area contributed by atoms with Gasteiger partial charge in [-0.05, 0) is 31.0 Å². The van der Waals surface area contributed by atoms with E-state index >= 15 is 0 Å². The summed E-state index contributed by atoms with van der Waals surface area (Å²) in [6, 6.07) is 2.60. The number of hydrogen-bond donors (Lipinski definition) is 2. The molecule has 2 N–H and O–H groups in total. The van der Waals surface area contributed by atoms with Crippen molar-refractivity contribution in [3.63, 3.8) is 0 Å². The topological polar surface area (TPSA) is 75.6 Å². The third-order valence-corrected chi connectivity index (χ3v) is 2.68. The van der Waals surface area contributed by atoms with E-state index in [-0.39, 0.29) is 6.61 Å². The van der Waals surface area contributed by atoms with E-state index in [9.17, 15) is 9.59 Å². The number of nitrogens with one attached hydrogen (secondary N) is 1. The van der Waals surface area contributed by atoms with Crippen molar-refractivity contribution in [2.75, 3.05) is 6.61 Å². The molecular weight excluding hydrogens is 222 g/mol. The fourth-order valence-electron chi connectivity index (χ4n) is 1.91. The standard InChI is InChI=1S/C12H13NO4/c1-6-3-7(2)10-9(4-6)17-5-8(12(15)16)13-11(10)14/h3-4,8H,5H2,1-2H3,(H,13,14)(H,15,16). The maximum atomic E-state index is 11.9. The van der Waals surface area contributed by atoms with Crippen LogP contribution in [0.15, 0.2) is 12.1 Å². The van der Waals surface area contributed by atoms with Crippen LogP contribution in [-0.2, 0) is 4.79 Å². The molecule has 90 valence electrons. The summed E-state index contributed by atoms with van der Waals surface area (Å²) in [4.78, 5) is 22.8. The van der Waals surface area contributed by atoms with Crippen molar-refractivity contribution < 1.29 is 19.4 Å². The second kappa shape index (κ2) is 4.08. The van der Waals surface area contributed by atoms with Crippen LogP contribution in [0.4, 0.5) is 0 Å². The molecule has 0 fully saturated rings. The van der Waals surface area contributed by atoms with Crippen LogP contribution in [0, 0.1) is 13.8 Å². The zero-order chi connectivity index (χ0) is 12.6. The van der Waals surface area contributed by atoms with E-state index in [0.717, 1.165) is 11.1 Å². The van der Waals surface area contributed by atoms with Gasteiger partial charge in [-0.2, -0.15) is 0 Å². The van der Waals surface area contributed by atoms with E-state index in [1.165, 1.54) is 0 Å². The Bertz CT molecular complexity index is 496. The van der Waals surface area contributed by atoms with Gasteiger partial charge >= 0.3 is 5.97 Å². The second-order valence-corrected chi connectivity index (χ2v) is 4.13. The van der Waals surface area contributed by atoms with Crippen molar-refractivity contribution in [2.24, 2.45) is 0 Å². The van der Waals surface area contributed by atoms with E-state index in [4.69, 9.17) is 9.84 Å². The lowest BCUT2D eigenvalue weighted by Crippen LogP contribution is -2.42. The summed E-state index contributed by atoms with van der Waals surface area (Å²) in [5, 5.41) is 11.3. The lowest BCUT2D eigenvalue weighted by molar-refractivity contribution is -0.139. The Morgan fingerprint density at radius 1 is 1.47 bits per heavy atom. The Hall–Kier alpha value is -2.04. The van der Waals surface area contributed by atoms with Crippen molar-refractivity contribution in [1.29, 1.82) is 0 Å². The molecule has 0 bridgehead atoms. The molecule has 0 saturated carbocycles. The predicted octanol–water partition coefficient (Wildman–Crippen LogP) is 0.879. The minimum Gasteiger partial charge on any atom is -0.490 e. The van der Waals surface area contributed by atoms with Crippen LogP contribution < -0.4 is 10.1 Å². The number of carbonyl (C=O) groups excluding carboxylic acids is 1. The molecule has 0 aromatic heterocycles. The highest BCUT2D eigenvalue weighted by Crippen LogP contribution is 2.26. The van der Waals surface area contributed by atoms with Gasteiger partial charge in [-0.15, -0.1) is 0 Å². The molecule has 1 atom stereocenters. The molecule has 1 aliphatic rings. The lowest BCUT2D eigenvalue weighted by Gasteiger charge is -2.09. The molecule has 5 nitrogen and oxygen atoms in total. The van der Waals surface area contributed by atoms with Crippen LogP contribution in [0.5, 0.6) is 5.75 Å². The predicted molar refractivity (Wildman–Crippen MR) is 60.3 cm³/mol. The molecule has 1 amide bonds. The van der Waals surface area contributed by atoms with Crippen LogP contribution in [0.1, 0.15) is 21.5 Å². The van der Waals surface area contributed by atoms with Crippen LogP contribution >= 0.6 is 0 Å². The first-order valence-corrected chi connectivity index (χ1v) is 5.26. The van der Waals surface area contributed by atoms with Crippen LogP contribution in [0.25, 0.3) is 0 Å². The first-order chi connectivity index (χ1) is 7.99. The zero-order valence-corrected chi connectivity index (χ0v) is 9.61. The summed E-state index contributed by atoms with van der Waals surface area (Å²) in [7, 11) is 0. The van der Waals surface area contributed by atoms with Gasteiger partial charge in [0.15, 0.2) is 6.04 Å². The van der Waals surface area contributed by atoms with Gasteiger partial charge < -0.3 is 15.2 Å². The monoisotopic (exact) mass is 235 g/mol. The minimum atomic E-state index is -1.10. The number of carboxylic acids is 1. The van der Waals surface area contributed by atoms with Gasteiger partial charge in [0.05, 0.1) is 5.56 Å². The minimum absolute atomic E-state index is 0.0586. The van der Waals surface area contributed by atoms with Crippen LogP contribution in [0.3, 0.4) is 0 Å². The number of carbonyl (C=O) groups is 2. The first-order valence-electron chi connectivity index (χ1n) is 5.26. The third-order valence-electron chi connectivity index (χ3n) is 2.68. The van der Waals surface area contributed by atoms with Crippen LogP contribution in [-0.4, -0.2) is 29.6 Å². The molecule has 17 heavy (non-hydrogen) atoms. The van der Waals surface area contributed by atoms with E-state index in [1.54, 1.807) is 13.0 Å². The highest BCUT2D eigenvalue weighted by Gasteiger charge is 2.28. The summed E-state index contributed by atoms with van der Waals surface area (Å²) in [6.07, 6.45) is 0. The fourth-order valence-corrected chi connectivity index (χ4v) is 1.91. The van der Waals surface area contributed by atoms with E-state index in [2.05, 4.69) is 5.32 Å². The molecule has 1 aromatic carbocycles. The molecule has 1 aliphatic heterocycles. The Balaban J connectivity index is 2.44. The van der Waals surface area contributed by atoms with Gasteiger partial charge in [0, 0.05) is 0 Å². The number of rotatable bonds is 1. The first kappa shape index (κ1) is 11.4. The van der Waals surface area contributed by atoms with E-state index in [0.29, 0.717) is 11.3 Å². The second-order valence-electron chi connectivity index (χ2n) is 4.13. The van der Waals surface area contributed by atoms with Crippen LogP contribution in [0.2, 0.25) is 0 Å². The molecule has 5 heteroatoms. The highest BCUT2D eigenvalue weighted by molar-refractivity contribution is 6.00. The number of aryl methyl sites for hydroxylation is 2. The summed E-state index contributed by atoms with van der Waals surface area (Å²) < 4.78 is 5.39. The van der Waals surface area contributed by atoms with E-state index < -0.39 is 17.9 Å². The molecule has 1 heterocycles. The van der Waals surface area contributed by atoms with Gasteiger partial charge in [0.2, 0.25) is 0 Å². The van der Waals surface area contributed by atoms with E-state index in [1.807, 2.05) is 13.0 Å².